The second kappa shape index (κ2) is 2.11. The SMILES string of the molecule is C[C@H]1CCCn2ccnc21. The molecule has 54 valence electrons. The lowest BCUT2D eigenvalue weighted by Crippen LogP contribution is -2.12. The van der Waals surface area contributed by atoms with E-state index in [4.69, 9.17) is 0 Å². The van der Waals surface area contributed by atoms with E-state index in [1.165, 1.54) is 25.2 Å². The third-order valence-electron chi connectivity index (χ3n) is 2.22. The van der Waals surface area contributed by atoms with Gasteiger partial charge in [-0.05, 0) is 12.8 Å². The molecule has 0 fully saturated rings. The molecular weight excluding hydrogens is 124 g/mol. The Morgan fingerprint density at radius 2 is 2.60 bits per heavy atom. The quantitative estimate of drug-likeness (QED) is 0.531. The van der Waals surface area contributed by atoms with Crippen molar-refractivity contribution in [3.8, 4) is 0 Å². The van der Waals surface area contributed by atoms with Gasteiger partial charge in [0.15, 0.2) is 0 Å². The summed E-state index contributed by atoms with van der Waals surface area (Å²) in [6, 6.07) is 0. The van der Waals surface area contributed by atoms with Crippen molar-refractivity contribution < 1.29 is 0 Å². The van der Waals surface area contributed by atoms with Crippen LogP contribution in [0.2, 0.25) is 0 Å². The molecule has 10 heavy (non-hydrogen) atoms. The van der Waals surface area contributed by atoms with E-state index in [1.807, 2.05) is 6.20 Å². The van der Waals surface area contributed by atoms with E-state index in [1.54, 1.807) is 0 Å². The molecule has 1 aromatic rings. The summed E-state index contributed by atoms with van der Waals surface area (Å²) in [4.78, 5) is 4.30. The summed E-state index contributed by atoms with van der Waals surface area (Å²) in [7, 11) is 0. The standard InChI is InChI=1S/C8H12N2/c1-7-3-2-5-10-6-4-9-8(7)10/h4,6-7H,2-3,5H2,1H3/t7-/m0/s1. The summed E-state index contributed by atoms with van der Waals surface area (Å²) in [6.45, 7) is 3.41. The van der Waals surface area contributed by atoms with Crippen LogP contribution in [-0.2, 0) is 6.54 Å². The number of imidazole rings is 1. The van der Waals surface area contributed by atoms with Crippen LogP contribution in [-0.4, -0.2) is 9.55 Å². The zero-order valence-corrected chi connectivity index (χ0v) is 6.25. The highest BCUT2D eigenvalue weighted by Crippen LogP contribution is 2.24. The fraction of sp³-hybridized carbons (Fsp3) is 0.625. The van der Waals surface area contributed by atoms with E-state index >= 15 is 0 Å². The minimum Gasteiger partial charge on any atom is -0.335 e. The third-order valence-corrected chi connectivity index (χ3v) is 2.22. The molecule has 0 saturated heterocycles. The van der Waals surface area contributed by atoms with Crippen LogP contribution < -0.4 is 0 Å². The highest BCUT2D eigenvalue weighted by molar-refractivity contribution is 5.01. The van der Waals surface area contributed by atoms with Gasteiger partial charge >= 0.3 is 0 Å². The molecule has 0 aliphatic carbocycles. The number of hydrogen-bond donors (Lipinski definition) is 0. The fourth-order valence-electron chi connectivity index (χ4n) is 1.64. The highest BCUT2D eigenvalue weighted by Gasteiger charge is 2.15. The molecule has 0 unspecified atom stereocenters. The first-order valence-electron chi connectivity index (χ1n) is 3.89. The Balaban J connectivity index is 2.41. The van der Waals surface area contributed by atoms with E-state index in [-0.39, 0.29) is 0 Å². The number of fused-ring (bicyclic) bond motifs is 1. The second-order valence-corrected chi connectivity index (χ2v) is 3.02. The minimum atomic E-state index is 0.670. The molecule has 2 nitrogen and oxygen atoms in total. The van der Waals surface area contributed by atoms with Crippen molar-refractivity contribution in [3.63, 3.8) is 0 Å². The lowest BCUT2D eigenvalue weighted by atomic mass is 10.0. The van der Waals surface area contributed by atoms with Crippen molar-refractivity contribution in [1.29, 1.82) is 0 Å². The molecule has 1 aliphatic heterocycles. The van der Waals surface area contributed by atoms with Gasteiger partial charge in [-0.25, -0.2) is 4.98 Å². The number of aryl methyl sites for hydroxylation is 1. The summed E-state index contributed by atoms with van der Waals surface area (Å²) in [5, 5.41) is 0. The van der Waals surface area contributed by atoms with Gasteiger partial charge in [0.1, 0.15) is 5.82 Å². The molecule has 0 aromatic carbocycles. The first kappa shape index (κ1) is 5.96. The van der Waals surface area contributed by atoms with Crippen molar-refractivity contribution in [3.05, 3.63) is 18.2 Å². The van der Waals surface area contributed by atoms with E-state index in [0.717, 1.165) is 0 Å². The van der Waals surface area contributed by atoms with E-state index in [9.17, 15) is 0 Å². The Morgan fingerprint density at radius 3 is 3.40 bits per heavy atom. The van der Waals surface area contributed by atoms with Crippen LogP contribution in [0, 0.1) is 0 Å². The topological polar surface area (TPSA) is 17.8 Å². The van der Waals surface area contributed by atoms with Crippen LogP contribution in [0.25, 0.3) is 0 Å². The molecule has 1 atom stereocenters. The zero-order chi connectivity index (χ0) is 6.97. The van der Waals surface area contributed by atoms with Gasteiger partial charge in [0.2, 0.25) is 0 Å². The maximum atomic E-state index is 4.30. The maximum absolute atomic E-state index is 4.30. The Hall–Kier alpha value is -0.790. The van der Waals surface area contributed by atoms with Gasteiger partial charge in [-0.2, -0.15) is 0 Å². The average Bonchev–Trinajstić information content (AvgIpc) is 2.36. The molecule has 2 heteroatoms. The lowest BCUT2D eigenvalue weighted by molar-refractivity contribution is 0.463. The smallest absolute Gasteiger partial charge is 0.111 e. The molecule has 1 aliphatic rings. The molecule has 0 bridgehead atoms. The summed E-state index contributed by atoms with van der Waals surface area (Å²) in [6.07, 6.45) is 6.59. The summed E-state index contributed by atoms with van der Waals surface area (Å²) >= 11 is 0. The normalized spacial score (nSPS) is 24.3. The van der Waals surface area contributed by atoms with Crippen molar-refractivity contribution in [2.75, 3.05) is 0 Å². The zero-order valence-electron chi connectivity index (χ0n) is 6.25. The number of nitrogens with zero attached hydrogens (tertiary/aromatic N) is 2. The van der Waals surface area contributed by atoms with Crippen molar-refractivity contribution >= 4 is 0 Å². The molecule has 2 heterocycles. The summed E-state index contributed by atoms with van der Waals surface area (Å²) in [5.41, 5.74) is 0. The van der Waals surface area contributed by atoms with Gasteiger partial charge in [-0.15, -0.1) is 0 Å². The first-order chi connectivity index (χ1) is 4.88. The number of aromatic nitrogens is 2. The predicted molar refractivity (Wildman–Crippen MR) is 39.9 cm³/mol. The van der Waals surface area contributed by atoms with Crippen LogP contribution in [0.1, 0.15) is 31.5 Å². The summed E-state index contributed by atoms with van der Waals surface area (Å²) < 4.78 is 2.26. The van der Waals surface area contributed by atoms with Gasteiger partial charge in [-0.1, -0.05) is 6.92 Å². The van der Waals surface area contributed by atoms with Crippen LogP contribution in [0.4, 0.5) is 0 Å². The van der Waals surface area contributed by atoms with Crippen LogP contribution in [0.5, 0.6) is 0 Å². The largest absolute Gasteiger partial charge is 0.335 e. The monoisotopic (exact) mass is 136 g/mol. The van der Waals surface area contributed by atoms with Gasteiger partial charge in [-0.3, -0.25) is 0 Å². The molecule has 0 spiro atoms. The predicted octanol–water partition coefficient (Wildman–Crippen LogP) is 1.78. The molecule has 2 rings (SSSR count). The van der Waals surface area contributed by atoms with E-state index in [2.05, 4.69) is 22.7 Å². The molecular formula is C8H12N2. The number of hydrogen-bond acceptors (Lipinski definition) is 1. The van der Waals surface area contributed by atoms with Crippen molar-refractivity contribution in [1.82, 2.24) is 9.55 Å². The Bertz CT molecular complexity index is 227. The average molecular weight is 136 g/mol. The Kier molecular flexibility index (Phi) is 1.26. The highest BCUT2D eigenvalue weighted by atomic mass is 15.1. The second-order valence-electron chi connectivity index (χ2n) is 3.02. The van der Waals surface area contributed by atoms with E-state index in [0.29, 0.717) is 5.92 Å². The number of rotatable bonds is 0. The van der Waals surface area contributed by atoms with Crippen molar-refractivity contribution in [2.24, 2.45) is 0 Å². The first-order valence-corrected chi connectivity index (χ1v) is 3.89. The van der Waals surface area contributed by atoms with Crippen LogP contribution >= 0.6 is 0 Å². The lowest BCUT2D eigenvalue weighted by Gasteiger charge is -2.19. The van der Waals surface area contributed by atoms with Gasteiger partial charge < -0.3 is 4.57 Å². The Morgan fingerprint density at radius 1 is 1.70 bits per heavy atom. The summed E-state index contributed by atoms with van der Waals surface area (Å²) in [5.74, 6) is 1.94. The molecule has 0 radical (unpaired) electrons. The van der Waals surface area contributed by atoms with E-state index < -0.39 is 0 Å². The van der Waals surface area contributed by atoms with Gasteiger partial charge in [0.25, 0.3) is 0 Å². The minimum absolute atomic E-state index is 0.670. The molecule has 0 saturated carbocycles. The van der Waals surface area contributed by atoms with Crippen LogP contribution in [0.3, 0.4) is 0 Å². The van der Waals surface area contributed by atoms with Gasteiger partial charge in [0, 0.05) is 24.9 Å². The molecule has 0 N–H and O–H groups in total. The Labute approximate surface area is 60.9 Å². The third kappa shape index (κ3) is 0.753. The molecule has 0 amide bonds. The fourth-order valence-corrected chi connectivity index (χ4v) is 1.64. The molecule has 1 aromatic heterocycles. The van der Waals surface area contributed by atoms with Crippen molar-refractivity contribution in [2.45, 2.75) is 32.2 Å². The van der Waals surface area contributed by atoms with Gasteiger partial charge in [0.05, 0.1) is 0 Å². The maximum Gasteiger partial charge on any atom is 0.111 e. The van der Waals surface area contributed by atoms with Crippen LogP contribution in [0.15, 0.2) is 12.4 Å².